The smallest absolute Gasteiger partial charge is 0.261 e. The second kappa shape index (κ2) is 8.46. The molecule has 0 aliphatic heterocycles. The molecule has 0 bridgehead atoms. The molecular formula is C18H20ClN3O. The lowest BCUT2D eigenvalue weighted by Gasteiger charge is -2.08. The summed E-state index contributed by atoms with van der Waals surface area (Å²) in [6, 6.07) is 17.8. The van der Waals surface area contributed by atoms with Crippen LogP contribution in [0, 0.1) is 0 Å². The van der Waals surface area contributed by atoms with Gasteiger partial charge < -0.3 is 5.32 Å². The quantitative estimate of drug-likeness (QED) is 0.707. The number of para-hydroxylation sites is 1. The van der Waals surface area contributed by atoms with E-state index in [-0.39, 0.29) is 18.0 Å². The summed E-state index contributed by atoms with van der Waals surface area (Å²) in [6.07, 6.45) is 2.54. The third-order valence-electron chi connectivity index (χ3n) is 3.66. The fraction of sp³-hybridized carbons (Fsp3) is 0.222. The van der Waals surface area contributed by atoms with Crippen LogP contribution in [0.5, 0.6) is 0 Å². The second-order valence-electron chi connectivity index (χ2n) is 5.28. The van der Waals surface area contributed by atoms with Crippen molar-refractivity contribution in [1.29, 1.82) is 0 Å². The Morgan fingerprint density at radius 3 is 2.57 bits per heavy atom. The zero-order chi connectivity index (χ0) is 15.2. The van der Waals surface area contributed by atoms with Crippen LogP contribution in [-0.2, 0) is 13.1 Å². The van der Waals surface area contributed by atoms with E-state index in [1.807, 2.05) is 42.5 Å². The number of halogens is 1. The Bertz CT molecular complexity index is 802. The third-order valence-corrected chi connectivity index (χ3v) is 3.66. The number of rotatable bonds is 6. The molecule has 0 atom stereocenters. The van der Waals surface area contributed by atoms with Crippen LogP contribution in [0.2, 0.25) is 0 Å². The van der Waals surface area contributed by atoms with Crippen molar-refractivity contribution in [2.75, 3.05) is 6.54 Å². The van der Waals surface area contributed by atoms with Crippen LogP contribution in [0.25, 0.3) is 10.9 Å². The van der Waals surface area contributed by atoms with Gasteiger partial charge in [-0.25, -0.2) is 4.98 Å². The molecule has 1 heterocycles. The van der Waals surface area contributed by atoms with Gasteiger partial charge in [-0.05, 0) is 30.7 Å². The highest BCUT2D eigenvalue weighted by Gasteiger charge is 2.02. The van der Waals surface area contributed by atoms with Crippen LogP contribution in [0.1, 0.15) is 12.0 Å². The minimum Gasteiger partial charge on any atom is -0.313 e. The summed E-state index contributed by atoms with van der Waals surface area (Å²) >= 11 is 0. The molecule has 0 spiro atoms. The largest absolute Gasteiger partial charge is 0.313 e. The lowest BCUT2D eigenvalue weighted by atomic mass is 10.2. The Morgan fingerprint density at radius 1 is 1.00 bits per heavy atom. The zero-order valence-electron chi connectivity index (χ0n) is 12.8. The Morgan fingerprint density at radius 2 is 1.74 bits per heavy atom. The van der Waals surface area contributed by atoms with Crippen LogP contribution in [0.3, 0.4) is 0 Å². The molecule has 0 saturated carbocycles. The lowest BCUT2D eigenvalue weighted by molar-refractivity contribution is 0.568. The highest BCUT2D eigenvalue weighted by atomic mass is 35.5. The van der Waals surface area contributed by atoms with E-state index < -0.39 is 0 Å². The van der Waals surface area contributed by atoms with Gasteiger partial charge in [-0.1, -0.05) is 42.5 Å². The Hall–Kier alpha value is -2.17. The highest BCUT2D eigenvalue weighted by molar-refractivity contribution is 5.85. The molecule has 0 saturated heterocycles. The van der Waals surface area contributed by atoms with E-state index in [2.05, 4.69) is 22.4 Å². The van der Waals surface area contributed by atoms with Gasteiger partial charge in [-0.15, -0.1) is 12.4 Å². The first-order chi connectivity index (χ1) is 10.8. The molecule has 3 aromatic rings. The summed E-state index contributed by atoms with van der Waals surface area (Å²) < 4.78 is 1.69. The predicted molar refractivity (Wildman–Crippen MR) is 96.0 cm³/mol. The zero-order valence-corrected chi connectivity index (χ0v) is 13.6. The van der Waals surface area contributed by atoms with Crippen molar-refractivity contribution in [2.24, 2.45) is 0 Å². The van der Waals surface area contributed by atoms with Gasteiger partial charge in [0.25, 0.3) is 5.56 Å². The molecule has 2 aromatic carbocycles. The molecule has 3 rings (SSSR count). The first kappa shape index (κ1) is 17.2. The van der Waals surface area contributed by atoms with Crippen molar-refractivity contribution in [3.8, 4) is 0 Å². The maximum atomic E-state index is 12.3. The van der Waals surface area contributed by atoms with E-state index in [1.54, 1.807) is 10.9 Å². The Labute approximate surface area is 141 Å². The van der Waals surface area contributed by atoms with Crippen LogP contribution in [-0.4, -0.2) is 16.1 Å². The van der Waals surface area contributed by atoms with Crippen molar-refractivity contribution < 1.29 is 0 Å². The molecular weight excluding hydrogens is 310 g/mol. The van der Waals surface area contributed by atoms with Crippen LogP contribution < -0.4 is 10.9 Å². The van der Waals surface area contributed by atoms with Gasteiger partial charge >= 0.3 is 0 Å². The first-order valence-corrected chi connectivity index (χ1v) is 7.53. The monoisotopic (exact) mass is 329 g/mol. The van der Waals surface area contributed by atoms with Gasteiger partial charge in [0.1, 0.15) is 0 Å². The molecule has 0 amide bonds. The SMILES string of the molecule is Cl.O=c1c2ccccc2ncn1CCCNCc1ccccc1. The van der Waals surface area contributed by atoms with Gasteiger partial charge in [0, 0.05) is 13.1 Å². The second-order valence-corrected chi connectivity index (χ2v) is 5.28. The first-order valence-electron chi connectivity index (χ1n) is 7.53. The number of nitrogens with one attached hydrogen (secondary N) is 1. The topological polar surface area (TPSA) is 46.9 Å². The van der Waals surface area contributed by atoms with Crippen LogP contribution in [0.4, 0.5) is 0 Å². The minimum absolute atomic E-state index is 0. The number of fused-ring (bicyclic) bond motifs is 1. The van der Waals surface area contributed by atoms with Crippen molar-refractivity contribution in [3.05, 3.63) is 76.8 Å². The van der Waals surface area contributed by atoms with Crippen molar-refractivity contribution in [2.45, 2.75) is 19.5 Å². The van der Waals surface area contributed by atoms with Crippen molar-refractivity contribution in [1.82, 2.24) is 14.9 Å². The molecule has 23 heavy (non-hydrogen) atoms. The van der Waals surface area contributed by atoms with Crippen molar-refractivity contribution in [3.63, 3.8) is 0 Å². The Kier molecular flexibility index (Phi) is 6.32. The van der Waals surface area contributed by atoms with E-state index in [1.165, 1.54) is 5.56 Å². The number of aromatic nitrogens is 2. The van der Waals surface area contributed by atoms with E-state index in [9.17, 15) is 4.79 Å². The summed E-state index contributed by atoms with van der Waals surface area (Å²) in [5, 5.41) is 4.08. The average Bonchev–Trinajstić information content (AvgIpc) is 2.58. The van der Waals surface area contributed by atoms with E-state index in [4.69, 9.17) is 0 Å². The highest BCUT2D eigenvalue weighted by Crippen LogP contribution is 2.04. The summed E-state index contributed by atoms with van der Waals surface area (Å²) in [5.74, 6) is 0. The fourth-order valence-electron chi connectivity index (χ4n) is 2.47. The molecule has 0 radical (unpaired) electrons. The average molecular weight is 330 g/mol. The minimum atomic E-state index is 0. The number of hydrogen-bond acceptors (Lipinski definition) is 3. The van der Waals surface area contributed by atoms with E-state index in [0.29, 0.717) is 11.9 Å². The summed E-state index contributed by atoms with van der Waals surface area (Å²) in [4.78, 5) is 16.6. The normalized spacial score (nSPS) is 10.4. The number of nitrogens with zero attached hydrogens (tertiary/aromatic N) is 2. The summed E-state index contributed by atoms with van der Waals surface area (Å²) in [6.45, 7) is 2.40. The van der Waals surface area contributed by atoms with Gasteiger partial charge in [-0.2, -0.15) is 0 Å². The lowest BCUT2D eigenvalue weighted by Crippen LogP contribution is -2.23. The third kappa shape index (κ3) is 4.41. The van der Waals surface area contributed by atoms with Crippen molar-refractivity contribution >= 4 is 23.3 Å². The molecule has 5 heteroatoms. The van der Waals surface area contributed by atoms with Crippen LogP contribution >= 0.6 is 12.4 Å². The molecule has 0 aliphatic rings. The fourth-order valence-corrected chi connectivity index (χ4v) is 2.47. The number of hydrogen-bond donors (Lipinski definition) is 1. The van der Waals surface area contributed by atoms with Gasteiger partial charge in [0.05, 0.1) is 17.2 Å². The maximum absolute atomic E-state index is 12.3. The van der Waals surface area contributed by atoms with Gasteiger partial charge in [0.15, 0.2) is 0 Å². The summed E-state index contributed by atoms with van der Waals surface area (Å²) in [7, 11) is 0. The van der Waals surface area contributed by atoms with E-state index in [0.717, 1.165) is 25.0 Å². The van der Waals surface area contributed by atoms with E-state index >= 15 is 0 Å². The molecule has 1 N–H and O–H groups in total. The maximum Gasteiger partial charge on any atom is 0.261 e. The molecule has 0 fully saturated rings. The molecule has 120 valence electrons. The number of aryl methyl sites for hydroxylation is 1. The van der Waals surface area contributed by atoms with Gasteiger partial charge in [0.2, 0.25) is 0 Å². The number of benzene rings is 2. The molecule has 0 aliphatic carbocycles. The Balaban J connectivity index is 0.00000192. The standard InChI is InChI=1S/C18H19N3O.ClH/c22-18-16-9-4-5-10-17(16)20-14-21(18)12-6-11-19-13-15-7-2-1-3-8-15;/h1-5,7-10,14,19H,6,11-13H2;1H. The molecule has 4 nitrogen and oxygen atoms in total. The van der Waals surface area contributed by atoms with Gasteiger partial charge in [-0.3, -0.25) is 9.36 Å². The molecule has 1 aromatic heterocycles. The molecule has 0 unspecified atom stereocenters. The summed E-state index contributed by atoms with van der Waals surface area (Å²) in [5.41, 5.74) is 2.06. The predicted octanol–water partition coefficient (Wildman–Crippen LogP) is 3.00. The van der Waals surface area contributed by atoms with Crippen LogP contribution in [0.15, 0.2) is 65.7 Å².